The van der Waals surface area contributed by atoms with Crippen LogP contribution >= 0.6 is 0 Å². The Bertz CT molecular complexity index is 910. The quantitative estimate of drug-likeness (QED) is 0.636. The molecule has 0 radical (unpaired) electrons. The van der Waals surface area contributed by atoms with E-state index >= 15 is 0 Å². The first kappa shape index (κ1) is 20.7. The highest BCUT2D eigenvalue weighted by molar-refractivity contribution is 6.24. The SMILES string of the molecule is CC1(C)CNCCC(NCc2cccc3c2C(=O)N(C2CCC(=O)NC2=O)C3=O)C1. The van der Waals surface area contributed by atoms with E-state index < -0.39 is 23.8 Å². The Kier molecular flexibility index (Phi) is 5.46. The van der Waals surface area contributed by atoms with Gasteiger partial charge in [-0.2, -0.15) is 0 Å². The van der Waals surface area contributed by atoms with Gasteiger partial charge in [0.2, 0.25) is 11.8 Å². The lowest BCUT2D eigenvalue weighted by Gasteiger charge is -2.28. The van der Waals surface area contributed by atoms with Gasteiger partial charge in [0.1, 0.15) is 6.04 Å². The summed E-state index contributed by atoms with van der Waals surface area (Å²) in [5.41, 5.74) is 1.63. The smallest absolute Gasteiger partial charge is 0.262 e. The van der Waals surface area contributed by atoms with Crippen molar-refractivity contribution in [3.8, 4) is 0 Å². The van der Waals surface area contributed by atoms with Gasteiger partial charge in [-0.05, 0) is 42.9 Å². The van der Waals surface area contributed by atoms with E-state index in [2.05, 4.69) is 29.8 Å². The lowest BCUT2D eigenvalue weighted by atomic mass is 9.86. The third-order valence-electron chi connectivity index (χ3n) is 6.21. The van der Waals surface area contributed by atoms with Crippen LogP contribution in [0.3, 0.4) is 0 Å². The van der Waals surface area contributed by atoms with E-state index in [0.717, 1.165) is 36.4 Å². The van der Waals surface area contributed by atoms with Crippen LogP contribution in [0.2, 0.25) is 0 Å². The Morgan fingerprint density at radius 1 is 1.13 bits per heavy atom. The summed E-state index contributed by atoms with van der Waals surface area (Å²) in [5, 5.41) is 9.25. The van der Waals surface area contributed by atoms with Gasteiger partial charge >= 0.3 is 0 Å². The number of carbonyl (C=O) groups is 4. The predicted octanol–water partition coefficient (Wildman–Crippen LogP) is 0.956. The van der Waals surface area contributed by atoms with Gasteiger partial charge in [0.05, 0.1) is 11.1 Å². The summed E-state index contributed by atoms with van der Waals surface area (Å²) in [6, 6.07) is 4.62. The molecule has 30 heavy (non-hydrogen) atoms. The minimum absolute atomic E-state index is 0.115. The average molecular weight is 412 g/mol. The minimum atomic E-state index is -0.940. The first-order chi connectivity index (χ1) is 14.3. The average Bonchev–Trinajstić information content (AvgIpc) is 2.83. The number of nitrogens with zero attached hydrogens (tertiary/aromatic N) is 1. The van der Waals surface area contributed by atoms with Crippen molar-refractivity contribution in [2.45, 2.75) is 58.2 Å². The molecule has 1 aromatic carbocycles. The lowest BCUT2D eigenvalue weighted by Crippen LogP contribution is -2.54. The molecule has 2 saturated heterocycles. The second kappa shape index (κ2) is 7.92. The maximum Gasteiger partial charge on any atom is 0.262 e. The molecule has 2 fully saturated rings. The Morgan fingerprint density at radius 3 is 2.70 bits per heavy atom. The lowest BCUT2D eigenvalue weighted by molar-refractivity contribution is -0.136. The zero-order chi connectivity index (χ0) is 21.5. The number of imide groups is 2. The highest BCUT2D eigenvalue weighted by Crippen LogP contribution is 2.30. The van der Waals surface area contributed by atoms with Crippen LogP contribution in [0.4, 0.5) is 0 Å². The van der Waals surface area contributed by atoms with Crippen molar-refractivity contribution in [3.05, 3.63) is 34.9 Å². The summed E-state index contributed by atoms with van der Waals surface area (Å²) >= 11 is 0. The normalized spacial score (nSPS) is 26.4. The number of benzene rings is 1. The largest absolute Gasteiger partial charge is 0.316 e. The third-order valence-corrected chi connectivity index (χ3v) is 6.21. The number of carbonyl (C=O) groups excluding carboxylic acids is 4. The van der Waals surface area contributed by atoms with Gasteiger partial charge in [0.25, 0.3) is 11.8 Å². The van der Waals surface area contributed by atoms with E-state index in [4.69, 9.17) is 0 Å². The molecule has 4 rings (SSSR count). The van der Waals surface area contributed by atoms with Gasteiger partial charge in [-0.3, -0.25) is 29.4 Å². The van der Waals surface area contributed by atoms with Crippen molar-refractivity contribution in [3.63, 3.8) is 0 Å². The van der Waals surface area contributed by atoms with E-state index in [1.165, 1.54) is 0 Å². The van der Waals surface area contributed by atoms with Gasteiger partial charge in [-0.25, -0.2) is 0 Å². The van der Waals surface area contributed by atoms with Crippen molar-refractivity contribution >= 4 is 23.6 Å². The maximum absolute atomic E-state index is 13.2. The van der Waals surface area contributed by atoms with Crippen LogP contribution in [-0.2, 0) is 16.1 Å². The molecular formula is C22H28N4O4. The molecule has 2 atom stereocenters. The van der Waals surface area contributed by atoms with Crippen LogP contribution in [0.15, 0.2) is 18.2 Å². The van der Waals surface area contributed by atoms with E-state index in [-0.39, 0.29) is 24.2 Å². The molecule has 4 amide bonds. The van der Waals surface area contributed by atoms with Crippen LogP contribution < -0.4 is 16.0 Å². The highest BCUT2D eigenvalue weighted by atomic mass is 16.2. The molecule has 0 aromatic heterocycles. The van der Waals surface area contributed by atoms with Gasteiger partial charge in [0.15, 0.2) is 0 Å². The first-order valence-corrected chi connectivity index (χ1v) is 10.5. The van der Waals surface area contributed by atoms with E-state index in [1.807, 2.05) is 6.07 Å². The minimum Gasteiger partial charge on any atom is -0.316 e. The Labute approximate surface area is 175 Å². The molecular weight excluding hydrogens is 384 g/mol. The molecule has 0 aliphatic carbocycles. The van der Waals surface area contributed by atoms with E-state index in [9.17, 15) is 19.2 Å². The molecule has 8 nitrogen and oxygen atoms in total. The van der Waals surface area contributed by atoms with Crippen molar-refractivity contribution in [1.82, 2.24) is 20.9 Å². The fourth-order valence-corrected chi connectivity index (χ4v) is 4.71. The number of rotatable bonds is 4. The van der Waals surface area contributed by atoms with Crippen LogP contribution in [0.1, 0.15) is 65.8 Å². The van der Waals surface area contributed by atoms with Gasteiger partial charge in [0, 0.05) is 25.6 Å². The molecule has 2 unspecified atom stereocenters. The zero-order valence-corrected chi connectivity index (χ0v) is 17.4. The Hall–Kier alpha value is -2.58. The fourth-order valence-electron chi connectivity index (χ4n) is 4.71. The summed E-state index contributed by atoms with van der Waals surface area (Å²) in [4.78, 5) is 50.8. The molecule has 3 N–H and O–H groups in total. The number of amides is 4. The predicted molar refractivity (Wildman–Crippen MR) is 110 cm³/mol. The molecule has 160 valence electrons. The van der Waals surface area contributed by atoms with Crippen molar-refractivity contribution in [2.75, 3.05) is 13.1 Å². The summed E-state index contributed by atoms with van der Waals surface area (Å²) in [5.74, 6) is -1.89. The third kappa shape index (κ3) is 3.89. The van der Waals surface area contributed by atoms with Crippen molar-refractivity contribution < 1.29 is 19.2 Å². The summed E-state index contributed by atoms with van der Waals surface area (Å²) in [6.07, 6.45) is 2.29. The molecule has 0 saturated carbocycles. The number of piperidine rings is 1. The number of fused-ring (bicyclic) bond motifs is 1. The van der Waals surface area contributed by atoms with Gasteiger partial charge in [-0.15, -0.1) is 0 Å². The molecule has 8 heteroatoms. The second-order valence-electron chi connectivity index (χ2n) is 9.20. The maximum atomic E-state index is 13.2. The molecule has 0 bridgehead atoms. The standard InChI is InChI=1S/C22H28N4O4/c1-22(2)10-14(8-9-23-12-22)24-11-13-4-3-5-15-18(13)21(30)26(20(15)29)16-6-7-17(27)25-19(16)28/h3-5,14,16,23-24H,6-12H2,1-2H3,(H,25,27,28). The van der Waals surface area contributed by atoms with Crippen LogP contribution in [0, 0.1) is 5.41 Å². The summed E-state index contributed by atoms with van der Waals surface area (Å²) in [6.45, 7) is 6.86. The first-order valence-electron chi connectivity index (χ1n) is 10.5. The Balaban J connectivity index is 1.53. The van der Waals surface area contributed by atoms with E-state index in [0.29, 0.717) is 23.7 Å². The summed E-state index contributed by atoms with van der Waals surface area (Å²) in [7, 11) is 0. The second-order valence-corrected chi connectivity index (χ2v) is 9.20. The zero-order valence-electron chi connectivity index (χ0n) is 17.4. The van der Waals surface area contributed by atoms with Crippen LogP contribution in [-0.4, -0.2) is 53.7 Å². The Morgan fingerprint density at radius 2 is 1.93 bits per heavy atom. The molecule has 1 aromatic rings. The number of hydrogen-bond donors (Lipinski definition) is 3. The van der Waals surface area contributed by atoms with Crippen LogP contribution in [0.5, 0.6) is 0 Å². The molecule has 0 spiro atoms. The molecule has 3 aliphatic heterocycles. The monoisotopic (exact) mass is 412 g/mol. The van der Waals surface area contributed by atoms with Gasteiger partial charge in [-0.1, -0.05) is 26.0 Å². The van der Waals surface area contributed by atoms with Crippen molar-refractivity contribution in [2.24, 2.45) is 5.41 Å². The van der Waals surface area contributed by atoms with Crippen molar-refractivity contribution in [1.29, 1.82) is 0 Å². The van der Waals surface area contributed by atoms with E-state index in [1.54, 1.807) is 12.1 Å². The molecule has 3 aliphatic rings. The summed E-state index contributed by atoms with van der Waals surface area (Å²) < 4.78 is 0. The van der Waals surface area contributed by atoms with Gasteiger partial charge < -0.3 is 10.6 Å². The number of nitrogens with one attached hydrogen (secondary N) is 3. The number of hydrogen-bond acceptors (Lipinski definition) is 6. The topological polar surface area (TPSA) is 108 Å². The van der Waals surface area contributed by atoms with Crippen LogP contribution in [0.25, 0.3) is 0 Å². The molecule has 3 heterocycles. The fraction of sp³-hybridized carbons (Fsp3) is 0.545. The highest BCUT2D eigenvalue weighted by Gasteiger charge is 2.45.